The first kappa shape index (κ1) is 26.0. The fraction of sp³-hybridized carbons (Fsp3) is 0.280. The van der Waals surface area contributed by atoms with Crippen LogP contribution in [-0.4, -0.2) is 64.2 Å². The normalized spacial score (nSPS) is 16.3. The third-order valence-corrected chi connectivity index (χ3v) is 7.33. The molecule has 2 aromatic carbocycles. The maximum Gasteiger partial charge on any atom is 0.341 e. The van der Waals surface area contributed by atoms with Gasteiger partial charge >= 0.3 is 5.97 Å². The molecule has 2 heterocycles. The summed E-state index contributed by atoms with van der Waals surface area (Å²) in [6, 6.07) is 11.2. The molecule has 4 rings (SSSR count). The Hall–Kier alpha value is -3.06. The molecule has 36 heavy (non-hydrogen) atoms. The van der Waals surface area contributed by atoms with Gasteiger partial charge in [-0.05, 0) is 82.6 Å². The van der Waals surface area contributed by atoms with E-state index >= 15 is 0 Å². The highest BCUT2D eigenvalue weighted by atomic mass is 127. The predicted molar refractivity (Wildman–Crippen MR) is 142 cm³/mol. The van der Waals surface area contributed by atoms with Crippen LogP contribution in [0.1, 0.15) is 23.6 Å². The number of nitrogens with zero attached hydrogens (tertiary/aromatic N) is 2. The topological polar surface area (TPSA) is 113 Å². The maximum atomic E-state index is 13.0. The van der Waals surface area contributed by atoms with Gasteiger partial charge in [-0.3, -0.25) is 19.3 Å². The molecule has 188 valence electrons. The van der Waals surface area contributed by atoms with Gasteiger partial charge in [-0.25, -0.2) is 4.79 Å². The van der Waals surface area contributed by atoms with E-state index in [1.165, 1.54) is 5.56 Å². The Labute approximate surface area is 225 Å². The van der Waals surface area contributed by atoms with Crippen LogP contribution in [0.2, 0.25) is 0 Å². The van der Waals surface area contributed by atoms with Gasteiger partial charge in [-0.1, -0.05) is 24.3 Å². The quantitative estimate of drug-likeness (QED) is 0.350. The largest absolute Gasteiger partial charge is 0.490 e. The van der Waals surface area contributed by atoms with Crippen molar-refractivity contribution < 1.29 is 33.8 Å². The fourth-order valence-corrected chi connectivity index (χ4v) is 5.56. The van der Waals surface area contributed by atoms with Gasteiger partial charge in [0.05, 0.1) is 15.1 Å². The van der Waals surface area contributed by atoms with Gasteiger partial charge in [-0.15, -0.1) is 0 Å². The minimum atomic E-state index is -1.12. The molecule has 0 atom stereocenters. The first-order chi connectivity index (χ1) is 17.3. The van der Waals surface area contributed by atoms with Crippen LogP contribution < -0.4 is 9.47 Å². The van der Waals surface area contributed by atoms with Crippen LogP contribution in [0, 0.1) is 3.57 Å². The number of hydrogen-bond donors (Lipinski definition) is 1. The first-order valence-electron chi connectivity index (χ1n) is 11.2. The third kappa shape index (κ3) is 5.84. The highest BCUT2D eigenvalue weighted by molar-refractivity contribution is 14.1. The molecule has 1 N–H and O–H groups in total. The molecule has 1 saturated heterocycles. The second kappa shape index (κ2) is 11.3. The van der Waals surface area contributed by atoms with Crippen molar-refractivity contribution in [3.63, 3.8) is 0 Å². The number of carboxylic acids is 1. The molecule has 2 aliphatic heterocycles. The summed E-state index contributed by atoms with van der Waals surface area (Å²) in [6.45, 7) is 2.26. The summed E-state index contributed by atoms with van der Waals surface area (Å²) >= 11 is 2.77. The van der Waals surface area contributed by atoms with E-state index in [9.17, 15) is 19.2 Å². The van der Waals surface area contributed by atoms with Crippen LogP contribution in [0.25, 0.3) is 6.08 Å². The Morgan fingerprint density at radius 2 is 1.92 bits per heavy atom. The number of carbonyl (C=O) groups is 4. The summed E-state index contributed by atoms with van der Waals surface area (Å²) < 4.78 is 11.5. The molecule has 0 radical (unpaired) electrons. The molecule has 0 aliphatic carbocycles. The van der Waals surface area contributed by atoms with Gasteiger partial charge in [0.1, 0.15) is 6.54 Å². The van der Waals surface area contributed by atoms with Gasteiger partial charge in [0.2, 0.25) is 5.91 Å². The molecule has 1 fully saturated rings. The van der Waals surface area contributed by atoms with E-state index in [0.717, 1.165) is 28.6 Å². The lowest BCUT2D eigenvalue weighted by Crippen LogP contribution is -2.44. The highest BCUT2D eigenvalue weighted by Crippen LogP contribution is 2.37. The molecule has 0 aromatic heterocycles. The molecule has 0 unspecified atom stereocenters. The smallest absolute Gasteiger partial charge is 0.341 e. The average molecular weight is 622 g/mol. The Morgan fingerprint density at radius 3 is 2.64 bits per heavy atom. The molecule has 0 bridgehead atoms. The SMILES string of the molecule is CCOc1cc(/C=C2\SC(=O)N(CC(=O)N3CCc4ccccc4C3)C2=O)cc(I)c1OCC(=O)O. The van der Waals surface area contributed by atoms with E-state index in [2.05, 4.69) is 0 Å². The molecular weight excluding hydrogens is 599 g/mol. The summed E-state index contributed by atoms with van der Waals surface area (Å²) in [5.74, 6) is -1.30. The number of carboxylic acid groups (broad SMARTS) is 1. The number of benzene rings is 2. The van der Waals surface area contributed by atoms with Gasteiger partial charge in [0.15, 0.2) is 18.1 Å². The molecule has 0 saturated carbocycles. The average Bonchev–Trinajstić information content (AvgIpc) is 3.10. The van der Waals surface area contributed by atoms with E-state index < -0.39 is 23.7 Å². The number of halogens is 1. The molecule has 9 nitrogen and oxygen atoms in total. The third-order valence-electron chi connectivity index (χ3n) is 5.62. The Balaban J connectivity index is 1.49. The minimum absolute atomic E-state index is 0.189. The van der Waals surface area contributed by atoms with E-state index in [1.807, 2.05) is 46.9 Å². The molecule has 3 amide bonds. The summed E-state index contributed by atoms with van der Waals surface area (Å²) in [5, 5.41) is 8.42. The van der Waals surface area contributed by atoms with Crippen molar-refractivity contribution in [1.29, 1.82) is 0 Å². The second-order valence-electron chi connectivity index (χ2n) is 8.05. The Bertz CT molecular complexity index is 1260. The van der Waals surface area contributed by atoms with Gasteiger partial charge < -0.3 is 19.5 Å². The second-order valence-corrected chi connectivity index (χ2v) is 10.2. The highest BCUT2D eigenvalue weighted by Gasteiger charge is 2.37. The molecule has 2 aromatic rings. The molecule has 11 heteroatoms. The summed E-state index contributed by atoms with van der Waals surface area (Å²) in [6.07, 6.45) is 2.29. The first-order valence-corrected chi connectivity index (χ1v) is 13.1. The zero-order chi connectivity index (χ0) is 25.8. The van der Waals surface area contributed by atoms with Crippen LogP contribution in [0.5, 0.6) is 11.5 Å². The van der Waals surface area contributed by atoms with Gasteiger partial charge in [0.25, 0.3) is 11.1 Å². The lowest BCUT2D eigenvalue weighted by atomic mass is 10.00. The number of thioether (sulfide) groups is 1. The van der Waals surface area contributed by atoms with E-state index in [-0.39, 0.29) is 17.4 Å². The fourth-order valence-electron chi connectivity index (χ4n) is 3.94. The van der Waals surface area contributed by atoms with E-state index in [1.54, 1.807) is 30.0 Å². The Morgan fingerprint density at radius 1 is 1.17 bits per heavy atom. The molecule has 2 aliphatic rings. The lowest BCUT2D eigenvalue weighted by Gasteiger charge is -2.29. The van der Waals surface area contributed by atoms with Crippen LogP contribution in [0.15, 0.2) is 41.3 Å². The Kier molecular flexibility index (Phi) is 8.19. The van der Waals surface area contributed by atoms with Crippen molar-refractivity contribution in [3.05, 3.63) is 61.6 Å². The summed E-state index contributed by atoms with van der Waals surface area (Å²) in [5.41, 5.74) is 2.85. The van der Waals surface area contributed by atoms with Crippen LogP contribution in [0.4, 0.5) is 4.79 Å². The number of carbonyl (C=O) groups excluding carboxylic acids is 3. The zero-order valence-electron chi connectivity index (χ0n) is 19.4. The van der Waals surface area contributed by atoms with Crippen molar-refractivity contribution in [3.8, 4) is 11.5 Å². The van der Waals surface area contributed by atoms with Crippen LogP contribution in [0.3, 0.4) is 0 Å². The minimum Gasteiger partial charge on any atom is -0.490 e. The van der Waals surface area contributed by atoms with Crippen molar-refractivity contribution >= 4 is 63.5 Å². The maximum absolute atomic E-state index is 13.0. The van der Waals surface area contributed by atoms with Crippen LogP contribution in [-0.2, 0) is 27.3 Å². The predicted octanol–water partition coefficient (Wildman–Crippen LogP) is 3.77. The number of hydrogen-bond acceptors (Lipinski definition) is 7. The van der Waals surface area contributed by atoms with E-state index in [4.69, 9.17) is 14.6 Å². The monoisotopic (exact) mass is 622 g/mol. The van der Waals surface area contributed by atoms with E-state index in [0.29, 0.717) is 40.3 Å². The zero-order valence-corrected chi connectivity index (χ0v) is 22.3. The number of imide groups is 1. The molecular formula is C25H23IN2O7S. The van der Waals surface area contributed by atoms with Crippen molar-refractivity contribution in [1.82, 2.24) is 9.80 Å². The number of aliphatic carboxylic acids is 1. The number of ether oxygens (including phenoxy) is 2. The number of fused-ring (bicyclic) bond motifs is 1. The van der Waals surface area contributed by atoms with Crippen molar-refractivity contribution in [2.24, 2.45) is 0 Å². The summed E-state index contributed by atoms with van der Waals surface area (Å²) in [4.78, 5) is 52.2. The van der Waals surface area contributed by atoms with Crippen molar-refractivity contribution in [2.45, 2.75) is 19.9 Å². The lowest BCUT2D eigenvalue weighted by molar-refractivity contribution is -0.139. The number of rotatable bonds is 8. The van der Waals surface area contributed by atoms with Gasteiger partial charge in [-0.2, -0.15) is 0 Å². The van der Waals surface area contributed by atoms with Crippen molar-refractivity contribution in [2.75, 3.05) is 26.3 Å². The summed E-state index contributed by atoms with van der Waals surface area (Å²) in [7, 11) is 0. The standard InChI is InChI=1S/C25H23IN2O7S/c1-2-34-19-10-15(9-18(26)23(19)35-14-22(30)31)11-20-24(32)28(25(33)36-20)13-21(29)27-8-7-16-5-3-4-6-17(16)12-27/h3-6,9-11H,2,7-8,12-14H2,1H3,(H,30,31)/b20-11-. The van der Waals surface area contributed by atoms with Crippen LogP contribution >= 0.6 is 34.4 Å². The molecule has 0 spiro atoms. The van der Waals surface area contributed by atoms with Gasteiger partial charge in [0, 0.05) is 13.1 Å². The number of amides is 3.